The lowest BCUT2D eigenvalue weighted by atomic mass is 10.1. The number of anilines is 2. The number of morpholine rings is 1. The van der Waals surface area contributed by atoms with Crippen LogP contribution in [-0.4, -0.2) is 109 Å². The number of imidazole rings is 2. The van der Waals surface area contributed by atoms with Crippen molar-refractivity contribution in [1.29, 1.82) is 0 Å². The van der Waals surface area contributed by atoms with Gasteiger partial charge in [-0.25, -0.2) is 15.0 Å². The summed E-state index contributed by atoms with van der Waals surface area (Å²) in [6, 6.07) is 8.22. The zero-order valence-corrected chi connectivity index (χ0v) is 36.6. The summed E-state index contributed by atoms with van der Waals surface area (Å²) in [5.41, 5.74) is 10.1. The van der Waals surface area contributed by atoms with Crippen LogP contribution in [0.5, 0.6) is 11.5 Å². The van der Waals surface area contributed by atoms with E-state index >= 15 is 0 Å². The van der Waals surface area contributed by atoms with Crippen molar-refractivity contribution in [1.82, 2.24) is 38.8 Å². The summed E-state index contributed by atoms with van der Waals surface area (Å²) in [5.74, 6) is -0.326. The van der Waals surface area contributed by atoms with E-state index < -0.39 is 11.8 Å². The maximum Gasteiger partial charge on any atom is 0.276 e. The van der Waals surface area contributed by atoms with Gasteiger partial charge in [0.25, 0.3) is 11.8 Å². The highest BCUT2D eigenvalue weighted by molar-refractivity contribution is 7.13. The molecule has 1 saturated heterocycles. The van der Waals surface area contributed by atoms with E-state index in [-0.39, 0.29) is 42.2 Å². The lowest BCUT2D eigenvalue weighted by Crippen LogP contribution is -2.37. The van der Waals surface area contributed by atoms with Crippen LogP contribution in [0, 0.1) is 13.8 Å². The van der Waals surface area contributed by atoms with Gasteiger partial charge in [-0.1, -0.05) is 19.1 Å². The van der Waals surface area contributed by atoms with E-state index in [9.17, 15) is 19.2 Å². The van der Waals surface area contributed by atoms with Gasteiger partial charge in [0.1, 0.15) is 33.1 Å². The van der Waals surface area contributed by atoms with Crippen molar-refractivity contribution in [3.8, 4) is 11.5 Å². The largest absolute Gasteiger partial charge is 0.494 e. The minimum atomic E-state index is -0.645. The molecule has 1 fully saturated rings. The Hall–Kier alpha value is -6.44. The van der Waals surface area contributed by atoms with Crippen molar-refractivity contribution in [3.05, 3.63) is 80.6 Å². The highest BCUT2D eigenvalue weighted by Gasteiger charge is 2.24. The summed E-state index contributed by atoms with van der Waals surface area (Å²) in [5, 5.41) is 11.1. The highest BCUT2D eigenvalue weighted by atomic mass is 32.1. The van der Waals surface area contributed by atoms with E-state index in [1.165, 1.54) is 25.4 Å². The van der Waals surface area contributed by atoms with E-state index in [2.05, 4.69) is 25.6 Å². The first-order valence-electron chi connectivity index (χ1n) is 20.5. The summed E-state index contributed by atoms with van der Waals surface area (Å²) in [6.07, 6.45) is 5.07. The van der Waals surface area contributed by atoms with Crippen LogP contribution < -0.4 is 25.8 Å². The van der Waals surface area contributed by atoms with Crippen molar-refractivity contribution in [2.24, 2.45) is 5.73 Å². The Bertz CT molecular complexity index is 2690. The number of aryl methyl sites for hydroxylation is 4. The fourth-order valence-electron chi connectivity index (χ4n) is 7.45. The Balaban J connectivity index is 1.25. The average Bonchev–Trinajstić information content (AvgIpc) is 4.03. The van der Waals surface area contributed by atoms with Crippen molar-refractivity contribution in [3.63, 3.8) is 0 Å². The minimum absolute atomic E-state index is 0.164. The molecule has 0 spiro atoms. The number of hydrogen-bond acceptors (Lipinski definition) is 13. The second-order valence-corrected chi connectivity index (χ2v) is 16.0. The van der Waals surface area contributed by atoms with Crippen LogP contribution in [0.25, 0.3) is 22.1 Å². The number of nitrogens with two attached hydrogens (primary N) is 1. The Morgan fingerprint density at radius 1 is 0.871 bits per heavy atom. The Morgan fingerprint density at radius 2 is 1.50 bits per heavy atom. The van der Waals surface area contributed by atoms with Crippen LogP contribution >= 0.6 is 11.3 Å². The molecule has 4 N–H and O–H groups in total. The smallest absolute Gasteiger partial charge is 0.276 e. The number of ketones is 1. The number of aromatic nitrogens is 7. The predicted molar refractivity (Wildman–Crippen MR) is 236 cm³/mol. The number of nitrogens with one attached hydrogen (secondary N) is 2. The molecule has 326 valence electrons. The van der Waals surface area contributed by atoms with Crippen LogP contribution in [0.3, 0.4) is 0 Å². The Kier molecular flexibility index (Phi) is 13.4. The molecule has 6 aromatic rings. The van der Waals surface area contributed by atoms with E-state index in [0.717, 1.165) is 31.1 Å². The molecule has 2 aromatic carbocycles. The molecule has 0 aliphatic carbocycles. The zero-order valence-electron chi connectivity index (χ0n) is 35.7. The van der Waals surface area contributed by atoms with Gasteiger partial charge in [0.2, 0.25) is 17.8 Å². The number of thiazole rings is 1. The molecule has 0 unspecified atom stereocenters. The topological polar surface area (TPSA) is 216 Å². The molecule has 0 atom stereocenters. The molecule has 0 bridgehead atoms. The summed E-state index contributed by atoms with van der Waals surface area (Å²) in [7, 11) is 1.51. The standard InChI is InChI=1S/C43H51N11O7S/c1-7-30-38(62-27(5)45-30)41(58)49-43-47-32-22-29(39(44)56)24-35(61-17-11-12-51-15-18-60-19-16-51)37(32)53(43)14-10-9-13-52-36-31(21-28(26(4)55)23-34(36)59-6)46-42(52)48-40(57)33-20-25(3)50-54(33)8-2/h9-10,20-24H,7-8,11-19H2,1-6H3,(H2,44,56)(H,46,48,57)(H,47,49,58)/b10-9+. The molecule has 0 saturated carbocycles. The molecule has 4 aromatic heterocycles. The maximum absolute atomic E-state index is 13.8. The molecular weight excluding hydrogens is 815 g/mol. The number of benzene rings is 2. The number of Topliss-reactive ketones (excluding diaryl/α,β-unsaturated/α-hetero) is 1. The van der Waals surface area contributed by atoms with Gasteiger partial charge in [0.15, 0.2) is 5.78 Å². The summed E-state index contributed by atoms with van der Waals surface area (Å²) < 4.78 is 22.9. The zero-order chi connectivity index (χ0) is 44.1. The number of primary amides is 1. The van der Waals surface area contributed by atoms with Crippen molar-refractivity contribution < 1.29 is 33.4 Å². The number of nitrogens with zero attached hydrogens (tertiary/aromatic N) is 8. The van der Waals surface area contributed by atoms with Crippen LogP contribution in [0.15, 0.2) is 42.5 Å². The van der Waals surface area contributed by atoms with E-state index in [4.69, 9.17) is 29.9 Å². The number of methoxy groups -OCH3 is 1. The van der Waals surface area contributed by atoms with Crippen molar-refractivity contribution >= 4 is 68.8 Å². The van der Waals surface area contributed by atoms with Crippen LogP contribution in [0.2, 0.25) is 0 Å². The highest BCUT2D eigenvalue weighted by Crippen LogP contribution is 2.33. The number of fused-ring (bicyclic) bond motifs is 2. The van der Waals surface area contributed by atoms with E-state index in [0.29, 0.717) is 93.9 Å². The fraction of sp³-hybridized carbons (Fsp3) is 0.395. The number of amides is 3. The minimum Gasteiger partial charge on any atom is -0.494 e. The molecule has 62 heavy (non-hydrogen) atoms. The third-order valence-electron chi connectivity index (χ3n) is 10.5. The van der Waals surface area contributed by atoms with Crippen molar-refractivity contribution in [2.75, 3.05) is 57.2 Å². The second kappa shape index (κ2) is 19.1. The van der Waals surface area contributed by atoms with Crippen LogP contribution in [-0.2, 0) is 30.8 Å². The third kappa shape index (κ3) is 9.39. The average molecular weight is 866 g/mol. The van der Waals surface area contributed by atoms with Gasteiger partial charge in [-0.3, -0.25) is 39.4 Å². The second-order valence-electron chi connectivity index (χ2n) is 14.8. The molecular formula is C43H51N11O7S. The lowest BCUT2D eigenvalue weighted by Gasteiger charge is -2.26. The van der Waals surface area contributed by atoms with Gasteiger partial charge in [0, 0.05) is 50.4 Å². The van der Waals surface area contributed by atoms with Gasteiger partial charge in [0.05, 0.1) is 54.4 Å². The molecule has 5 heterocycles. The molecule has 0 radical (unpaired) electrons. The normalized spacial score (nSPS) is 13.3. The van der Waals surface area contributed by atoms with Crippen LogP contribution in [0.4, 0.5) is 11.9 Å². The Labute approximate surface area is 362 Å². The monoisotopic (exact) mass is 865 g/mol. The molecule has 19 heteroatoms. The van der Waals surface area contributed by atoms with E-state index in [1.54, 1.807) is 39.6 Å². The summed E-state index contributed by atoms with van der Waals surface area (Å²) in [6.45, 7) is 14.1. The SMILES string of the molecule is CCc1nc(C)sc1C(=O)Nc1nc2cc(C(N)=O)cc(OCCCN3CCOCC3)c2n1C/C=C/Cn1c(NC(=O)c2cc(C)nn2CC)nc2cc(C(C)=O)cc(OC)c21. The first-order chi connectivity index (χ1) is 29.9. The number of ether oxygens (including phenoxy) is 3. The van der Waals surface area contributed by atoms with Crippen molar-refractivity contribution in [2.45, 2.75) is 67.1 Å². The third-order valence-corrected chi connectivity index (χ3v) is 11.5. The number of carbonyl (C=O) groups excluding carboxylic acids is 4. The maximum atomic E-state index is 13.8. The molecule has 3 amide bonds. The van der Waals surface area contributed by atoms with Gasteiger partial charge in [-0.05, 0) is 70.9 Å². The predicted octanol–water partition coefficient (Wildman–Crippen LogP) is 5.41. The number of allylic oxidation sites excluding steroid dienone is 2. The fourth-order valence-corrected chi connectivity index (χ4v) is 8.36. The molecule has 1 aliphatic rings. The molecule has 7 rings (SSSR count). The van der Waals surface area contributed by atoms with Gasteiger partial charge < -0.3 is 29.1 Å². The lowest BCUT2D eigenvalue weighted by molar-refractivity contribution is 0.0358. The number of hydrogen-bond donors (Lipinski definition) is 3. The molecule has 18 nitrogen and oxygen atoms in total. The Morgan fingerprint density at radius 3 is 2.11 bits per heavy atom. The van der Waals surface area contributed by atoms with Gasteiger partial charge >= 0.3 is 0 Å². The first kappa shape index (κ1) is 43.6. The number of rotatable bonds is 18. The summed E-state index contributed by atoms with van der Waals surface area (Å²) >= 11 is 1.30. The summed E-state index contributed by atoms with van der Waals surface area (Å²) in [4.78, 5) is 69.5. The van der Waals surface area contributed by atoms with Crippen LogP contribution in [0.1, 0.15) is 84.5 Å². The molecule has 1 aliphatic heterocycles. The number of carbonyl (C=O) groups is 4. The van der Waals surface area contributed by atoms with Gasteiger partial charge in [-0.15, -0.1) is 11.3 Å². The first-order valence-corrected chi connectivity index (χ1v) is 21.3. The van der Waals surface area contributed by atoms with E-state index in [1.807, 2.05) is 44.4 Å². The van der Waals surface area contributed by atoms with Gasteiger partial charge in [-0.2, -0.15) is 5.10 Å². The quantitative estimate of drug-likeness (QED) is 0.0562.